The summed E-state index contributed by atoms with van der Waals surface area (Å²) in [5.41, 5.74) is 0. The number of hydrogen-bond acceptors (Lipinski definition) is 5. The van der Waals surface area contributed by atoms with E-state index in [-0.39, 0.29) is 16.9 Å². The van der Waals surface area contributed by atoms with E-state index in [4.69, 9.17) is 4.43 Å². The van der Waals surface area contributed by atoms with Crippen molar-refractivity contribution in [1.82, 2.24) is 14.9 Å². The van der Waals surface area contributed by atoms with Gasteiger partial charge >= 0.3 is 6.03 Å². The van der Waals surface area contributed by atoms with Gasteiger partial charge in [0.05, 0.1) is 6.20 Å². The fourth-order valence-electron chi connectivity index (χ4n) is 2.86. The van der Waals surface area contributed by atoms with Crippen LogP contribution in [0.2, 0.25) is 18.1 Å². The molecule has 0 atom stereocenters. The van der Waals surface area contributed by atoms with Gasteiger partial charge in [-0.15, -0.1) is 0 Å². The van der Waals surface area contributed by atoms with Gasteiger partial charge in [0.25, 0.3) is 8.32 Å². The van der Waals surface area contributed by atoms with Crippen LogP contribution in [0.25, 0.3) is 0 Å². The standard InChI is InChI=1S/C21H30FN5O2Si/c1-21(2,3)30(4,5)29-17-6-7-18(24-15-17)25-20(28)27-12-10-26(11-13-27)19-14-16(22)8-9-23-19/h6-9,14-15H,10-13H2,1-5H3,(H,24,25,28). The Labute approximate surface area is 178 Å². The Balaban J connectivity index is 1.53. The van der Waals surface area contributed by atoms with E-state index in [1.165, 1.54) is 18.3 Å². The number of aromatic nitrogens is 2. The summed E-state index contributed by atoms with van der Waals surface area (Å²) in [5, 5.41) is 2.93. The van der Waals surface area contributed by atoms with Crippen LogP contribution < -0.4 is 14.6 Å². The van der Waals surface area contributed by atoms with Gasteiger partial charge in [0, 0.05) is 38.4 Å². The van der Waals surface area contributed by atoms with Gasteiger partial charge in [-0.1, -0.05) is 20.8 Å². The Morgan fingerprint density at radius 2 is 1.83 bits per heavy atom. The number of nitrogens with zero attached hydrogens (tertiary/aromatic N) is 4. The van der Waals surface area contributed by atoms with Gasteiger partial charge in [-0.05, 0) is 36.3 Å². The molecule has 3 rings (SSSR count). The molecule has 1 saturated heterocycles. The van der Waals surface area contributed by atoms with Crippen molar-refractivity contribution in [3.8, 4) is 5.75 Å². The topological polar surface area (TPSA) is 70.6 Å². The number of carbonyl (C=O) groups excluding carboxylic acids is 1. The number of amides is 2. The second-order valence-electron chi connectivity index (χ2n) is 8.98. The highest BCUT2D eigenvalue weighted by atomic mass is 28.4. The maximum absolute atomic E-state index is 13.4. The van der Waals surface area contributed by atoms with Crippen molar-refractivity contribution in [3.05, 3.63) is 42.5 Å². The first kappa shape index (κ1) is 22.0. The van der Waals surface area contributed by atoms with Gasteiger partial charge < -0.3 is 14.2 Å². The zero-order valence-corrected chi connectivity index (χ0v) is 19.3. The van der Waals surface area contributed by atoms with Crippen LogP contribution in [0.4, 0.5) is 20.8 Å². The van der Waals surface area contributed by atoms with E-state index in [1.807, 2.05) is 11.0 Å². The summed E-state index contributed by atoms with van der Waals surface area (Å²) in [7, 11) is -1.93. The zero-order chi connectivity index (χ0) is 21.9. The molecule has 1 fully saturated rings. The Kier molecular flexibility index (Phi) is 6.30. The molecule has 0 bridgehead atoms. The van der Waals surface area contributed by atoms with Crippen molar-refractivity contribution >= 4 is 26.0 Å². The Morgan fingerprint density at radius 3 is 2.40 bits per heavy atom. The molecule has 2 aromatic heterocycles. The van der Waals surface area contributed by atoms with Crippen LogP contribution in [0.15, 0.2) is 36.7 Å². The molecule has 0 unspecified atom stereocenters. The molecule has 1 N–H and O–H groups in total. The Hall–Kier alpha value is -2.68. The summed E-state index contributed by atoms with van der Waals surface area (Å²) in [6.07, 6.45) is 3.11. The number of anilines is 2. The predicted molar refractivity (Wildman–Crippen MR) is 119 cm³/mol. The molecule has 0 aliphatic carbocycles. The van der Waals surface area contributed by atoms with Crippen molar-refractivity contribution in [2.24, 2.45) is 0 Å². The quantitative estimate of drug-likeness (QED) is 0.729. The number of halogens is 1. The van der Waals surface area contributed by atoms with Crippen molar-refractivity contribution in [2.75, 3.05) is 36.4 Å². The van der Waals surface area contributed by atoms with Crippen molar-refractivity contribution in [1.29, 1.82) is 0 Å². The van der Waals surface area contributed by atoms with E-state index >= 15 is 0 Å². The third-order valence-corrected chi connectivity index (χ3v) is 10.1. The summed E-state index contributed by atoms with van der Waals surface area (Å²) in [4.78, 5) is 24.8. The molecule has 7 nitrogen and oxygen atoms in total. The molecule has 0 aromatic carbocycles. The van der Waals surface area contributed by atoms with Gasteiger partial charge in [-0.2, -0.15) is 0 Å². The Bertz CT molecular complexity index is 878. The number of hydrogen-bond donors (Lipinski definition) is 1. The molecule has 9 heteroatoms. The highest BCUT2D eigenvalue weighted by Gasteiger charge is 2.39. The maximum atomic E-state index is 13.4. The van der Waals surface area contributed by atoms with Crippen molar-refractivity contribution in [2.45, 2.75) is 38.9 Å². The SMILES string of the molecule is CC(C)(C)[Si](C)(C)Oc1ccc(NC(=O)N2CCN(c3cc(F)ccn3)CC2)nc1. The monoisotopic (exact) mass is 431 g/mol. The molecule has 2 amide bonds. The lowest BCUT2D eigenvalue weighted by molar-refractivity contribution is 0.208. The first-order valence-corrected chi connectivity index (χ1v) is 13.0. The Morgan fingerprint density at radius 1 is 1.13 bits per heavy atom. The fourth-order valence-corrected chi connectivity index (χ4v) is 3.87. The third-order valence-electron chi connectivity index (χ3n) is 5.75. The lowest BCUT2D eigenvalue weighted by atomic mass is 10.2. The molecule has 1 aliphatic rings. The van der Waals surface area contributed by atoms with Crippen LogP contribution >= 0.6 is 0 Å². The molecular formula is C21H30FN5O2Si. The molecule has 0 spiro atoms. The maximum Gasteiger partial charge on any atom is 0.323 e. The van der Waals surface area contributed by atoms with E-state index in [2.05, 4.69) is 49.1 Å². The van der Waals surface area contributed by atoms with Gasteiger partial charge in [0.15, 0.2) is 0 Å². The van der Waals surface area contributed by atoms with Crippen molar-refractivity contribution < 1.29 is 13.6 Å². The van der Waals surface area contributed by atoms with Gasteiger partial charge in [-0.25, -0.2) is 19.2 Å². The van der Waals surface area contributed by atoms with Gasteiger partial charge in [0.2, 0.25) is 0 Å². The van der Waals surface area contributed by atoms with E-state index < -0.39 is 8.32 Å². The normalized spacial score (nSPS) is 15.1. The van der Waals surface area contributed by atoms with E-state index in [1.54, 1.807) is 17.2 Å². The van der Waals surface area contributed by atoms with Crippen LogP contribution in [-0.4, -0.2) is 55.4 Å². The summed E-state index contributed by atoms with van der Waals surface area (Å²) >= 11 is 0. The highest BCUT2D eigenvalue weighted by molar-refractivity contribution is 6.74. The van der Waals surface area contributed by atoms with E-state index in [0.717, 1.165) is 5.75 Å². The largest absolute Gasteiger partial charge is 0.542 e. The van der Waals surface area contributed by atoms with Crippen LogP contribution in [0.3, 0.4) is 0 Å². The first-order valence-electron chi connectivity index (χ1n) is 10.1. The van der Waals surface area contributed by atoms with E-state index in [9.17, 15) is 9.18 Å². The minimum atomic E-state index is -1.93. The lowest BCUT2D eigenvalue weighted by Gasteiger charge is -2.36. The fraction of sp³-hybridized carbons (Fsp3) is 0.476. The number of pyridine rings is 2. The number of piperazine rings is 1. The van der Waals surface area contributed by atoms with Crippen LogP contribution in [0.1, 0.15) is 20.8 Å². The second kappa shape index (κ2) is 8.59. The molecule has 0 saturated carbocycles. The zero-order valence-electron chi connectivity index (χ0n) is 18.3. The van der Waals surface area contributed by atoms with Crippen LogP contribution in [0.5, 0.6) is 5.75 Å². The molecular weight excluding hydrogens is 401 g/mol. The predicted octanol–water partition coefficient (Wildman–Crippen LogP) is 4.35. The average Bonchev–Trinajstić information content (AvgIpc) is 2.68. The summed E-state index contributed by atoms with van der Waals surface area (Å²) in [6, 6.07) is 6.13. The molecule has 3 heterocycles. The van der Waals surface area contributed by atoms with Gasteiger partial charge in [0.1, 0.15) is 23.2 Å². The summed E-state index contributed by atoms with van der Waals surface area (Å²) in [5.74, 6) is 1.48. The summed E-state index contributed by atoms with van der Waals surface area (Å²) < 4.78 is 19.6. The molecule has 162 valence electrons. The van der Waals surface area contributed by atoms with Crippen LogP contribution in [0, 0.1) is 5.82 Å². The molecule has 30 heavy (non-hydrogen) atoms. The highest BCUT2D eigenvalue weighted by Crippen LogP contribution is 2.37. The molecule has 1 aliphatic heterocycles. The van der Waals surface area contributed by atoms with Gasteiger partial charge in [-0.3, -0.25) is 5.32 Å². The lowest BCUT2D eigenvalue weighted by Crippen LogP contribution is -2.50. The van der Waals surface area contributed by atoms with E-state index in [0.29, 0.717) is 37.8 Å². The second-order valence-corrected chi connectivity index (χ2v) is 13.7. The van der Waals surface area contributed by atoms with Crippen LogP contribution in [-0.2, 0) is 0 Å². The number of nitrogens with one attached hydrogen (secondary N) is 1. The minimum Gasteiger partial charge on any atom is -0.542 e. The third kappa shape index (κ3) is 5.27. The number of urea groups is 1. The first-order chi connectivity index (χ1) is 14.0. The molecule has 0 radical (unpaired) electrons. The van der Waals surface area contributed by atoms with Crippen molar-refractivity contribution in [3.63, 3.8) is 0 Å². The minimum absolute atomic E-state index is 0.100. The smallest absolute Gasteiger partial charge is 0.323 e. The number of carbonyl (C=O) groups is 1. The number of rotatable bonds is 4. The summed E-state index contributed by atoms with van der Waals surface area (Å²) in [6.45, 7) is 13.2. The molecule has 2 aromatic rings. The average molecular weight is 432 g/mol.